The summed E-state index contributed by atoms with van der Waals surface area (Å²) in [5.74, 6) is 0. The Morgan fingerprint density at radius 3 is 2.43 bits per heavy atom. The number of aryl methyl sites for hydroxylation is 1. The number of imidazole rings is 1. The Hall–Kier alpha value is -2.39. The second kappa shape index (κ2) is 5.94. The number of nitrogens with two attached hydrogens (primary N) is 1. The number of hydrogen-bond acceptors (Lipinski definition) is 2. The van der Waals surface area contributed by atoms with E-state index in [0.717, 1.165) is 17.8 Å². The molecule has 3 heteroatoms. The van der Waals surface area contributed by atoms with Crippen molar-refractivity contribution in [2.24, 2.45) is 5.73 Å². The first kappa shape index (κ1) is 13.6. The van der Waals surface area contributed by atoms with E-state index < -0.39 is 0 Å². The highest BCUT2D eigenvalue weighted by Crippen LogP contribution is 2.23. The quantitative estimate of drug-likeness (QED) is 0.794. The minimum absolute atomic E-state index is 0.583. The zero-order valence-corrected chi connectivity index (χ0v) is 12.2. The zero-order valence-electron chi connectivity index (χ0n) is 12.2. The standard InChI is InChI=1S/C18H19N3/c1-14-4-2-3-5-17(14)18-11-20-13-21(18)12-16-8-6-15(10-19)7-9-16/h2-9,11,13H,10,12,19H2,1H3. The molecule has 0 aliphatic heterocycles. The van der Waals surface area contributed by atoms with Gasteiger partial charge in [0, 0.05) is 18.7 Å². The van der Waals surface area contributed by atoms with Crippen molar-refractivity contribution in [3.63, 3.8) is 0 Å². The van der Waals surface area contributed by atoms with Crippen LogP contribution in [0.1, 0.15) is 16.7 Å². The highest BCUT2D eigenvalue weighted by molar-refractivity contribution is 5.63. The summed E-state index contributed by atoms with van der Waals surface area (Å²) in [5, 5.41) is 0. The van der Waals surface area contributed by atoms with E-state index in [9.17, 15) is 0 Å². The van der Waals surface area contributed by atoms with Crippen LogP contribution < -0.4 is 5.73 Å². The number of rotatable bonds is 4. The second-order valence-electron chi connectivity index (χ2n) is 5.24. The molecule has 3 rings (SSSR count). The Kier molecular flexibility index (Phi) is 3.84. The molecule has 0 fully saturated rings. The van der Waals surface area contributed by atoms with Crippen molar-refractivity contribution in [3.8, 4) is 11.3 Å². The minimum atomic E-state index is 0.583. The summed E-state index contributed by atoms with van der Waals surface area (Å²) in [5.41, 5.74) is 11.7. The van der Waals surface area contributed by atoms with E-state index in [2.05, 4.69) is 65.0 Å². The SMILES string of the molecule is Cc1ccccc1-c1cncn1Cc1ccc(CN)cc1. The average molecular weight is 277 g/mol. The first-order valence-electron chi connectivity index (χ1n) is 7.12. The molecule has 0 saturated heterocycles. The molecule has 0 radical (unpaired) electrons. The van der Waals surface area contributed by atoms with Gasteiger partial charge in [0.05, 0.1) is 18.2 Å². The molecule has 0 atom stereocenters. The molecule has 0 bridgehead atoms. The van der Waals surface area contributed by atoms with Gasteiger partial charge in [-0.2, -0.15) is 0 Å². The highest BCUT2D eigenvalue weighted by atomic mass is 15.0. The smallest absolute Gasteiger partial charge is 0.0954 e. The van der Waals surface area contributed by atoms with Crippen molar-refractivity contribution in [2.45, 2.75) is 20.0 Å². The van der Waals surface area contributed by atoms with Crippen LogP contribution in [0.15, 0.2) is 61.1 Å². The van der Waals surface area contributed by atoms with Crippen molar-refractivity contribution in [2.75, 3.05) is 0 Å². The third-order valence-corrected chi connectivity index (χ3v) is 3.74. The lowest BCUT2D eigenvalue weighted by Gasteiger charge is -2.11. The summed E-state index contributed by atoms with van der Waals surface area (Å²) < 4.78 is 2.18. The molecular weight excluding hydrogens is 258 g/mol. The predicted octanol–water partition coefficient (Wildman–Crippen LogP) is 3.37. The summed E-state index contributed by atoms with van der Waals surface area (Å²) in [6.45, 7) is 3.52. The van der Waals surface area contributed by atoms with E-state index in [0.29, 0.717) is 6.54 Å². The number of benzene rings is 2. The summed E-state index contributed by atoms with van der Waals surface area (Å²) >= 11 is 0. The van der Waals surface area contributed by atoms with E-state index >= 15 is 0 Å². The minimum Gasteiger partial charge on any atom is -0.326 e. The lowest BCUT2D eigenvalue weighted by atomic mass is 10.1. The van der Waals surface area contributed by atoms with Crippen LogP contribution in [0.3, 0.4) is 0 Å². The van der Waals surface area contributed by atoms with Gasteiger partial charge < -0.3 is 10.3 Å². The molecule has 3 nitrogen and oxygen atoms in total. The van der Waals surface area contributed by atoms with Crippen molar-refractivity contribution in [1.29, 1.82) is 0 Å². The van der Waals surface area contributed by atoms with Crippen molar-refractivity contribution < 1.29 is 0 Å². The first-order valence-corrected chi connectivity index (χ1v) is 7.12. The molecule has 106 valence electrons. The van der Waals surface area contributed by atoms with E-state index in [1.54, 1.807) is 0 Å². The fraction of sp³-hybridized carbons (Fsp3) is 0.167. The Labute approximate surface area is 125 Å². The van der Waals surface area contributed by atoms with Gasteiger partial charge in [-0.25, -0.2) is 4.98 Å². The molecule has 0 aliphatic rings. The summed E-state index contributed by atoms with van der Waals surface area (Å²) in [7, 11) is 0. The van der Waals surface area contributed by atoms with Gasteiger partial charge >= 0.3 is 0 Å². The van der Waals surface area contributed by atoms with Crippen LogP contribution >= 0.6 is 0 Å². The Balaban J connectivity index is 1.90. The molecule has 0 amide bonds. The molecule has 1 aromatic heterocycles. The van der Waals surface area contributed by atoms with Crippen LogP contribution in [0.2, 0.25) is 0 Å². The molecule has 21 heavy (non-hydrogen) atoms. The lowest BCUT2D eigenvalue weighted by Crippen LogP contribution is -2.02. The molecule has 0 aliphatic carbocycles. The largest absolute Gasteiger partial charge is 0.326 e. The third-order valence-electron chi connectivity index (χ3n) is 3.74. The molecule has 0 unspecified atom stereocenters. The number of aromatic nitrogens is 2. The van der Waals surface area contributed by atoms with E-state index in [1.165, 1.54) is 16.7 Å². The maximum absolute atomic E-state index is 5.64. The lowest BCUT2D eigenvalue weighted by molar-refractivity contribution is 0.803. The molecular formula is C18H19N3. The van der Waals surface area contributed by atoms with Crippen LogP contribution in [-0.2, 0) is 13.1 Å². The molecule has 0 saturated carbocycles. The van der Waals surface area contributed by atoms with Gasteiger partial charge in [-0.15, -0.1) is 0 Å². The second-order valence-corrected chi connectivity index (χ2v) is 5.24. The van der Waals surface area contributed by atoms with Gasteiger partial charge in [-0.1, -0.05) is 48.5 Å². The maximum Gasteiger partial charge on any atom is 0.0954 e. The molecule has 3 aromatic rings. The van der Waals surface area contributed by atoms with E-state index in [-0.39, 0.29) is 0 Å². The average Bonchev–Trinajstić information content (AvgIpc) is 2.96. The Morgan fingerprint density at radius 1 is 1.00 bits per heavy atom. The Morgan fingerprint density at radius 2 is 1.71 bits per heavy atom. The Bertz CT molecular complexity index is 726. The fourth-order valence-corrected chi connectivity index (χ4v) is 2.51. The first-order chi connectivity index (χ1) is 10.3. The summed E-state index contributed by atoms with van der Waals surface area (Å²) in [6, 6.07) is 16.8. The van der Waals surface area contributed by atoms with Gasteiger partial charge in [0.2, 0.25) is 0 Å². The molecule has 0 spiro atoms. The van der Waals surface area contributed by atoms with Crippen LogP contribution in [-0.4, -0.2) is 9.55 Å². The van der Waals surface area contributed by atoms with Crippen LogP contribution in [0.25, 0.3) is 11.3 Å². The predicted molar refractivity (Wildman–Crippen MR) is 85.8 cm³/mol. The fourth-order valence-electron chi connectivity index (χ4n) is 2.51. The topological polar surface area (TPSA) is 43.8 Å². The number of nitrogens with zero attached hydrogens (tertiary/aromatic N) is 2. The van der Waals surface area contributed by atoms with Gasteiger partial charge in [0.25, 0.3) is 0 Å². The number of hydrogen-bond donors (Lipinski definition) is 1. The van der Waals surface area contributed by atoms with Crippen LogP contribution in [0.5, 0.6) is 0 Å². The molecule has 2 N–H and O–H groups in total. The summed E-state index contributed by atoms with van der Waals surface area (Å²) in [6.07, 6.45) is 3.81. The van der Waals surface area contributed by atoms with Crippen molar-refractivity contribution in [3.05, 3.63) is 77.7 Å². The zero-order chi connectivity index (χ0) is 14.7. The third kappa shape index (κ3) is 2.88. The summed E-state index contributed by atoms with van der Waals surface area (Å²) in [4.78, 5) is 4.31. The van der Waals surface area contributed by atoms with Crippen LogP contribution in [0, 0.1) is 6.92 Å². The van der Waals surface area contributed by atoms with Gasteiger partial charge in [-0.05, 0) is 23.6 Å². The van der Waals surface area contributed by atoms with E-state index in [1.807, 2.05) is 12.5 Å². The van der Waals surface area contributed by atoms with Gasteiger partial charge in [0.15, 0.2) is 0 Å². The van der Waals surface area contributed by atoms with Crippen molar-refractivity contribution in [1.82, 2.24) is 9.55 Å². The molecule has 2 aromatic carbocycles. The van der Waals surface area contributed by atoms with Crippen LogP contribution in [0.4, 0.5) is 0 Å². The highest BCUT2D eigenvalue weighted by Gasteiger charge is 2.07. The van der Waals surface area contributed by atoms with Crippen molar-refractivity contribution >= 4 is 0 Å². The normalized spacial score (nSPS) is 10.8. The van der Waals surface area contributed by atoms with Gasteiger partial charge in [0.1, 0.15) is 0 Å². The monoisotopic (exact) mass is 277 g/mol. The maximum atomic E-state index is 5.64. The van der Waals surface area contributed by atoms with Gasteiger partial charge in [-0.3, -0.25) is 0 Å². The molecule has 1 heterocycles. The van der Waals surface area contributed by atoms with E-state index in [4.69, 9.17) is 5.73 Å².